The third-order valence-electron chi connectivity index (χ3n) is 3.34. The zero-order valence-electron chi connectivity index (χ0n) is 10.4. The summed E-state index contributed by atoms with van der Waals surface area (Å²) >= 11 is 0. The largest absolute Gasteiger partial charge is 0.383 e. The summed E-state index contributed by atoms with van der Waals surface area (Å²) in [7, 11) is 0. The topological polar surface area (TPSA) is 58.4 Å². The Kier molecular flexibility index (Phi) is 3.33. The van der Waals surface area contributed by atoms with Crippen LogP contribution in [0.2, 0.25) is 0 Å². The van der Waals surface area contributed by atoms with E-state index in [1.165, 1.54) is 11.1 Å². The van der Waals surface area contributed by atoms with Gasteiger partial charge in [0.2, 0.25) is 5.91 Å². The summed E-state index contributed by atoms with van der Waals surface area (Å²) < 4.78 is 0. The molecule has 1 aliphatic heterocycles. The van der Waals surface area contributed by atoms with Gasteiger partial charge in [0.05, 0.1) is 17.9 Å². The highest BCUT2D eigenvalue weighted by Gasteiger charge is 2.21. The lowest BCUT2D eigenvalue weighted by molar-refractivity contribution is -0.117. The maximum Gasteiger partial charge on any atom is 0.240 e. The zero-order chi connectivity index (χ0) is 12.4. The smallest absolute Gasteiger partial charge is 0.240 e. The first-order chi connectivity index (χ1) is 8.15. The summed E-state index contributed by atoms with van der Waals surface area (Å²) in [5.41, 5.74) is 9.94. The summed E-state index contributed by atoms with van der Waals surface area (Å²) in [6.45, 7) is 5.85. The van der Waals surface area contributed by atoms with Crippen LogP contribution in [-0.2, 0) is 4.79 Å². The van der Waals surface area contributed by atoms with Crippen molar-refractivity contribution in [3.8, 4) is 0 Å². The maximum absolute atomic E-state index is 11.9. The van der Waals surface area contributed by atoms with Crippen LogP contribution in [-0.4, -0.2) is 25.5 Å². The molecule has 0 spiro atoms. The number of nitrogens with zero attached hydrogens (tertiary/aromatic N) is 1. The number of hydrogen-bond acceptors (Lipinski definition) is 3. The predicted molar refractivity (Wildman–Crippen MR) is 70.4 cm³/mol. The molecular formula is C13H19N3O. The molecule has 1 aromatic carbocycles. The average Bonchev–Trinajstić information content (AvgIpc) is 2.55. The molecule has 0 unspecified atom stereocenters. The quantitative estimate of drug-likeness (QED) is 0.771. The van der Waals surface area contributed by atoms with E-state index < -0.39 is 0 Å². The molecule has 0 radical (unpaired) electrons. The number of hydrogen-bond donors (Lipinski definition) is 2. The zero-order valence-corrected chi connectivity index (χ0v) is 10.4. The number of carbonyl (C=O) groups is 1. The Hall–Kier alpha value is -1.55. The van der Waals surface area contributed by atoms with Crippen molar-refractivity contribution in [2.24, 2.45) is 5.73 Å². The number of benzene rings is 1. The van der Waals surface area contributed by atoms with Gasteiger partial charge in [0.25, 0.3) is 0 Å². The van der Waals surface area contributed by atoms with Crippen LogP contribution >= 0.6 is 0 Å². The molecule has 17 heavy (non-hydrogen) atoms. The van der Waals surface area contributed by atoms with Crippen molar-refractivity contribution in [3.63, 3.8) is 0 Å². The molecular weight excluding hydrogens is 214 g/mol. The number of carbonyl (C=O) groups excluding carboxylic acids is 1. The molecule has 0 aromatic heterocycles. The lowest BCUT2D eigenvalue weighted by Crippen LogP contribution is -2.36. The molecule has 0 saturated heterocycles. The van der Waals surface area contributed by atoms with E-state index in [1.54, 1.807) is 4.90 Å². The summed E-state index contributed by atoms with van der Waals surface area (Å²) in [5.74, 6) is -0.0156. The number of fused-ring (bicyclic) bond motifs is 1. The van der Waals surface area contributed by atoms with Crippen LogP contribution in [0, 0.1) is 13.8 Å². The van der Waals surface area contributed by atoms with E-state index in [2.05, 4.69) is 25.2 Å². The fraction of sp³-hybridized carbons (Fsp3) is 0.462. The molecule has 1 aromatic rings. The van der Waals surface area contributed by atoms with Crippen LogP contribution in [0.25, 0.3) is 0 Å². The van der Waals surface area contributed by atoms with Gasteiger partial charge in [0.15, 0.2) is 0 Å². The molecule has 2 rings (SSSR count). The van der Waals surface area contributed by atoms with E-state index in [9.17, 15) is 4.79 Å². The van der Waals surface area contributed by atoms with Gasteiger partial charge >= 0.3 is 0 Å². The second-order valence-corrected chi connectivity index (χ2v) is 4.43. The van der Waals surface area contributed by atoms with Gasteiger partial charge in [-0.3, -0.25) is 4.79 Å². The Bertz CT molecular complexity index is 443. The summed E-state index contributed by atoms with van der Waals surface area (Å²) in [6.07, 6.45) is 0.943. The van der Waals surface area contributed by atoms with Crippen molar-refractivity contribution >= 4 is 17.3 Å². The van der Waals surface area contributed by atoms with E-state index in [0.717, 1.165) is 30.9 Å². The summed E-state index contributed by atoms with van der Waals surface area (Å²) in [4.78, 5) is 13.6. The average molecular weight is 233 g/mol. The third kappa shape index (κ3) is 2.13. The lowest BCUT2D eigenvalue weighted by atomic mass is 10.1. The second kappa shape index (κ2) is 4.75. The van der Waals surface area contributed by atoms with Crippen LogP contribution in [0.15, 0.2) is 12.1 Å². The number of nitrogens with two attached hydrogens (primary N) is 1. The highest BCUT2D eigenvalue weighted by atomic mass is 16.2. The van der Waals surface area contributed by atoms with Crippen LogP contribution in [0.4, 0.5) is 11.4 Å². The van der Waals surface area contributed by atoms with Crippen molar-refractivity contribution in [1.29, 1.82) is 0 Å². The van der Waals surface area contributed by atoms with Gasteiger partial charge in [-0.2, -0.15) is 0 Å². The molecule has 1 aliphatic rings. The Balaban J connectivity index is 2.50. The number of nitrogens with one attached hydrogen (secondary N) is 1. The molecule has 0 atom stereocenters. The Labute approximate surface area is 102 Å². The first kappa shape index (κ1) is 11.9. The van der Waals surface area contributed by atoms with Crippen LogP contribution < -0.4 is 16.0 Å². The number of anilines is 2. The minimum atomic E-state index is -0.0156. The molecule has 4 nitrogen and oxygen atoms in total. The third-order valence-corrected chi connectivity index (χ3v) is 3.34. The maximum atomic E-state index is 11.9. The first-order valence-electron chi connectivity index (χ1n) is 5.99. The molecule has 4 heteroatoms. The normalized spacial score (nSPS) is 14.9. The van der Waals surface area contributed by atoms with Gasteiger partial charge in [-0.05, 0) is 37.5 Å². The van der Waals surface area contributed by atoms with E-state index in [0.29, 0.717) is 0 Å². The number of amides is 1. The monoisotopic (exact) mass is 233 g/mol. The minimum absolute atomic E-state index is 0.0156. The number of rotatable bonds is 1. The van der Waals surface area contributed by atoms with Crippen molar-refractivity contribution in [1.82, 2.24) is 0 Å². The predicted octanol–water partition coefficient (Wildman–Crippen LogP) is 1.41. The van der Waals surface area contributed by atoms with Gasteiger partial charge in [0.1, 0.15) is 0 Å². The highest BCUT2D eigenvalue weighted by Crippen LogP contribution is 2.33. The molecule has 0 bridgehead atoms. The Morgan fingerprint density at radius 2 is 2.24 bits per heavy atom. The molecule has 92 valence electrons. The summed E-state index contributed by atoms with van der Waals surface area (Å²) in [6, 6.07) is 4.06. The van der Waals surface area contributed by atoms with Gasteiger partial charge in [-0.1, -0.05) is 6.07 Å². The van der Waals surface area contributed by atoms with Crippen molar-refractivity contribution < 1.29 is 4.79 Å². The van der Waals surface area contributed by atoms with Crippen molar-refractivity contribution in [2.45, 2.75) is 20.3 Å². The van der Waals surface area contributed by atoms with Crippen molar-refractivity contribution in [3.05, 3.63) is 23.3 Å². The van der Waals surface area contributed by atoms with Gasteiger partial charge < -0.3 is 16.0 Å². The van der Waals surface area contributed by atoms with Crippen molar-refractivity contribution in [2.75, 3.05) is 29.9 Å². The molecule has 0 aliphatic carbocycles. The van der Waals surface area contributed by atoms with Crippen LogP contribution in [0.5, 0.6) is 0 Å². The second-order valence-electron chi connectivity index (χ2n) is 4.43. The molecule has 0 fully saturated rings. The Morgan fingerprint density at radius 3 is 2.94 bits per heavy atom. The summed E-state index contributed by atoms with van der Waals surface area (Å²) in [5, 5.41) is 3.41. The number of aryl methyl sites for hydroxylation is 1. The highest BCUT2D eigenvalue weighted by molar-refractivity contribution is 5.98. The molecule has 1 heterocycles. The van der Waals surface area contributed by atoms with Crippen LogP contribution in [0.3, 0.4) is 0 Å². The lowest BCUT2D eigenvalue weighted by Gasteiger charge is -2.23. The fourth-order valence-corrected chi connectivity index (χ4v) is 2.19. The van der Waals surface area contributed by atoms with Crippen LogP contribution in [0.1, 0.15) is 17.5 Å². The van der Waals surface area contributed by atoms with E-state index in [1.807, 2.05) is 6.07 Å². The first-order valence-corrected chi connectivity index (χ1v) is 5.99. The van der Waals surface area contributed by atoms with E-state index in [4.69, 9.17) is 5.73 Å². The minimum Gasteiger partial charge on any atom is -0.383 e. The van der Waals surface area contributed by atoms with E-state index >= 15 is 0 Å². The molecule has 1 amide bonds. The molecule has 0 saturated carbocycles. The van der Waals surface area contributed by atoms with E-state index in [-0.39, 0.29) is 12.5 Å². The standard InChI is InChI=1S/C13H19N3O/c1-9-4-5-11-13(10(9)2)15-6-3-7-16(11)12(17)8-14/h4-5,15H,3,6-8,14H2,1-2H3. The SMILES string of the molecule is Cc1ccc2c(c1C)NCCCN2C(=O)CN. The van der Waals surface area contributed by atoms with Gasteiger partial charge in [0, 0.05) is 13.1 Å². The van der Waals surface area contributed by atoms with Gasteiger partial charge in [-0.15, -0.1) is 0 Å². The molecule has 3 N–H and O–H groups in total. The fourth-order valence-electron chi connectivity index (χ4n) is 2.19. The Morgan fingerprint density at radius 1 is 1.47 bits per heavy atom. The van der Waals surface area contributed by atoms with Gasteiger partial charge in [-0.25, -0.2) is 0 Å².